The number of aromatic amines is 1. The van der Waals surface area contributed by atoms with Gasteiger partial charge in [0.1, 0.15) is 11.4 Å². The monoisotopic (exact) mass is 583 g/mol. The van der Waals surface area contributed by atoms with E-state index in [1.807, 2.05) is 48.3 Å². The molecule has 3 aromatic heterocycles. The molecule has 0 aromatic carbocycles. The number of pyridine rings is 1. The molecule has 1 saturated heterocycles. The molecule has 4 N–H and O–H groups in total. The Labute approximate surface area is 251 Å². The fourth-order valence-electron chi connectivity index (χ4n) is 6.16. The zero-order chi connectivity index (χ0) is 30.5. The van der Waals surface area contributed by atoms with E-state index >= 15 is 0 Å². The van der Waals surface area contributed by atoms with Gasteiger partial charge in [0.2, 0.25) is 0 Å². The Morgan fingerprint density at radius 2 is 2.07 bits per heavy atom. The van der Waals surface area contributed by atoms with E-state index in [1.165, 1.54) is 0 Å². The van der Waals surface area contributed by atoms with Crippen molar-refractivity contribution in [2.24, 2.45) is 11.3 Å². The van der Waals surface area contributed by atoms with Gasteiger partial charge in [-0.15, -0.1) is 0 Å². The van der Waals surface area contributed by atoms with Crippen LogP contribution in [0.3, 0.4) is 0 Å². The maximum Gasteiger partial charge on any atom is 0.261 e. The number of allylic oxidation sites excluding steroid dienone is 5. The van der Waals surface area contributed by atoms with Crippen molar-refractivity contribution in [3.05, 3.63) is 101 Å². The second-order valence-corrected chi connectivity index (χ2v) is 13.0. The number of nitrogens with one attached hydrogen (secondary N) is 2. The fourth-order valence-corrected chi connectivity index (χ4v) is 6.16. The number of hydrogen-bond donors (Lipinski definition) is 3. The quantitative estimate of drug-likeness (QED) is 0.284. The van der Waals surface area contributed by atoms with Gasteiger partial charge >= 0.3 is 0 Å². The molecule has 4 heterocycles. The van der Waals surface area contributed by atoms with Crippen molar-refractivity contribution in [2.75, 3.05) is 25.4 Å². The first kappa shape index (κ1) is 29.0. The van der Waals surface area contributed by atoms with Crippen LogP contribution in [0.15, 0.2) is 66.7 Å². The van der Waals surface area contributed by atoms with Gasteiger partial charge in [-0.05, 0) is 66.5 Å². The number of H-pyrrole nitrogens is 1. The van der Waals surface area contributed by atoms with Crippen molar-refractivity contribution in [1.82, 2.24) is 24.4 Å². The largest absolute Gasteiger partial charge is 0.397 e. The molecule has 0 bridgehead atoms. The summed E-state index contributed by atoms with van der Waals surface area (Å²) in [6.45, 7) is 9.16. The first-order valence-electron chi connectivity index (χ1n) is 14.9. The van der Waals surface area contributed by atoms with Gasteiger partial charge in [0.15, 0.2) is 0 Å². The fraction of sp³-hybridized carbons (Fsp3) is 0.382. The maximum atomic E-state index is 13.8. The van der Waals surface area contributed by atoms with Crippen molar-refractivity contribution in [3.63, 3.8) is 0 Å². The van der Waals surface area contributed by atoms with E-state index in [-0.39, 0.29) is 30.0 Å². The van der Waals surface area contributed by atoms with E-state index in [2.05, 4.69) is 49.0 Å². The molecule has 1 aliphatic heterocycles. The van der Waals surface area contributed by atoms with Crippen LogP contribution in [0, 0.1) is 23.7 Å². The third kappa shape index (κ3) is 6.18. The molecule has 2 aliphatic carbocycles. The number of fused-ring (bicyclic) bond motifs is 1. The zero-order valence-electron chi connectivity index (χ0n) is 25.2. The molecular formula is C34H39F2N7. The van der Waals surface area contributed by atoms with Crippen molar-refractivity contribution < 1.29 is 8.78 Å². The van der Waals surface area contributed by atoms with Gasteiger partial charge in [-0.2, -0.15) is 0 Å². The van der Waals surface area contributed by atoms with E-state index in [9.17, 15) is 14.2 Å². The average molecular weight is 584 g/mol. The molecular weight excluding hydrogens is 544 g/mol. The Kier molecular flexibility index (Phi) is 7.32. The Hall–Kier alpha value is -4.11. The molecule has 0 unspecified atom stereocenters. The topological polar surface area (TPSA) is 99.6 Å². The minimum absolute atomic E-state index is 0.0410. The predicted molar refractivity (Wildman–Crippen MR) is 168 cm³/mol. The van der Waals surface area contributed by atoms with Crippen molar-refractivity contribution >= 4 is 22.7 Å². The highest BCUT2D eigenvalue weighted by atomic mass is 19.3. The number of nitrogen functional groups attached to an aromatic ring is 1. The van der Waals surface area contributed by atoms with Crippen molar-refractivity contribution in [3.8, 4) is 0 Å². The molecule has 43 heavy (non-hydrogen) atoms. The van der Waals surface area contributed by atoms with E-state index in [1.54, 1.807) is 11.0 Å². The molecule has 0 radical (unpaired) electrons. The molecule has 1 atom stereocenters. The van der Waals surface area contributed by atoms with Crippen LogP contribution in [0.5, 0.6) is 0 Å². The maximum absolute atomic E-state index is 13.8. The molecule has 6 rings (SSSR count). The highest BCUT2D eigenvalue weighted by Gasteiger charge is 2.38. The van der Waals surface area contributed by atoms with Gasteiger partial charge in [0, 0.05) is 37.0 Å². The first-order valence-corrected chi connectivity index (χ1v) is 14.9. The Morgan fingerprint density at radius 1 is 1.26 bits per heavy atom. The number of nitrogens with zero attached hydrogens (tertiary/aromatic N) is 4. The van der Waals surface area contributed by atoms with Gasteiger partial charge in [-0.3, -0.25) is 10.3 Å². The van der Waals surface area contributed by atoms with E-state index in [0.29, 0.717) is 35.9 Å². The van der Waals surface area contributed by atoms with Gasteiger partial charge in [0.05, 0.1) is 41.3 Å². The lowest BCUT2D eigenvalue weighted by atomic mass is 9.85. The van der Waals surface area contributed by atoms with Crippen molar-refractivity contribution in [1.29, 1.82) is 5.41 Å². The summed E-state index contributed by atoms with van der Waals surface area (Å²) in [6, 6.07) is 5.68. The molecule has 1 fully saturated rings. The van der Waals surface area contributed by atoms with Crippen molar-refractivity contribution in [2.45, 2.75) is 52.9 Å². The van der Waals surface area contributed by atoms with Gasteiger partial charge in [-0.1, -0.05) is 45.1 Å². The number of hydrogen-bond acceptors (Lipinski definition) is 5. The lowest BCUT2D eigenvalue weighted by molar-refractivity contribution is 0.0131. The van der Waals surface area contributed by atoms with Crippen LogP contribution in [0.25, 0.3) is 11.3 Å². The molecule has 3 aliphatic rings. The zero-order valence-corrected chi connectivity index (χ0v) is 25.2. The van der Waals surface area contributed by atoms with Crippen LogP contribution in [0.2, 0.25) is 0 Å². The highest BCUT2D eigenvalue weighted by Crippen LogP contribution is 2.37. The Balaban J connectivity index is 1.33. The van der Waals surface area contributed by atoms with Crippen LogP contribution < -0.4 is 5.73 Å². The summed E-state index contributed by atoms with van der Waals surface area (Å²) in [5.74, 6) is -2.50. The lowest BCUT2D eigenvalue weighted by Gasteiger charge is -2.20. The van der Waals surface area contributed by atoms with E-state index in [4.69, 9.17) is 10.7 Å². The smallest absolute Gasteiger partial charge is 0.261 e. The highest BCUT2D eigenvalue weighted by molar-refractivity contribution is 6.12. The standard InChI is InChI=1S/C34H39F2N7/c1-21-5-6-23(18-42-12-11-34(35,36)19-42)14-24(13-21)27-8-7-26(37)32(41-27)31(38)28-15-25-29(40-28)16-33(3,4)10-9-30(25)43-17-22(2)39-20-43/h5-9,13-15,17,20-21,38,40H,10-12,16,18-19,37H2,1-4H3/t21-/m0/s1. The van der Waals surface area contributed by atoms with Crippen LogP contribution in [0.4, 0.5) is 14.5 Å². The minimum atomic E-state index is -2.63. The molecule has 0 spiro atoms. The number of alkyl halides is 2. The molecule has 7 nitrogen and oxygen atoms in total. The Morgan fingerprint density at radius 3 is 2.79 bits per heavy atom. The molecule has 0 amide bonds. The number of anilines is 1. The number of rotatable bonds is 6. The summed E-state index contributed by atoms with van der Waals surface area (Å²) in [5, 5.41) is 9.20. The summed E-state index contributed by atoms with van der Waals surface area (Å²) in [4.78, 5) is 14.7. The van der Waals surface area contributed by atoms with Gasteiger partial charge in [-0.25, -0.2) is 18.7 Å². The van der Waals surface area contributed by atoms with Gasteiger partial charge in [0.25, 0.3) is 5.92 Å². The summed E-state index contributed by atoms with van der Waals surface area (Å²) in [7, 11) is 0. The number of nitrogens with two attached hydrogens (primary N) is 1. The summed E-state index contributed by atoms with van der Waals surface area (Å²) in [5.41, 5.74) is 14.8. The van der Waals surface area contributed by atoms with Crippen LogP contribution >= 0.6 is 0 Å². The van der Waals surface area contributed by atoms with E-state index in [0.717, 1.165) is 46.6 Å². The number of aryl methyl sites for hydroxylation is 1. The summed E-state index contributed by atoms with van der Waals surface area (Å²) in [6.07, 6.45) is 16.0. The molecule has 9 heteroatoms. The molecule has 3 aromatic rings. The summed E-state index contributed by atoms with van der Waals surface area (Å²) < 4.78 is 29.7. The number of halogens is 2. The third-order valence-electron chi connectivity index (χ3n) is 8.45. The van der Waals surface area contributed by atoms with Gasteiger partial charge < -0.3 is 15.3 Å². The second-order valence-electron chi connectivity index (χ2n) is 13.0. The van der Waals surface area contributed by atoms with Crippen LogP contribution in [0.1, 0.15) is 67.6 Å². The number of aromatic nitrogens is 4. The Bertz CT molecular complexity index is 1700. The van der Waals surface area contributed by atoms with Crippen LogP contribution in [-0.4, -0.2) is 55.7 Å². The first-order chi connectivity index (χ1) is 20.4. The number of imidazole rings is 1. The molecule has 224 valence electrons. The van der Waals surface area contributed by atoms with E-state index < -0.39 is 5.92 Å². The van der Waals surface area contributed by atoms with Crippen LogP contribution in [-0.2, 0) is 6.42 Å². The predicted octanol–water partition coefficient (Wildman–Crippen LogP) is 6.63. The second kappa shape index (κ2) is 10.9. The molecule has 0 saturated carbocycles. The normalized spacial score (nSPS) is 21.4. The average Bonchev–Trinajstić information content (AvgIpc) is 3.59. The lowest BCUT2D eigenvalue weighted by Crippen LogP contribution is -2.26. The third-order valence-corrected chi connectivity index (χ3v) is 8.45. The summed E-state index contributed by atoms with van der Waals surface area (Å²) >= 11 is 0. The number of likely N-dealkylation sites (tertiary alicyclic amines) is 1. The minimum Gasteiger partial charge on any atom is -0.397 e. The SMILES string of the molecule is Cc1cn(C2=CCC(C)(C)Cc3[nH]c(C(=N)c4nc(C5=C[C@@H](C)C=CC(CN6CCC(F)(F)C6)=C5)ccc4N)cc32)cn1.